The maximum absolute atomic E-state index is 16.4. The standard InChI is InChI=1S/C26H23F3N4O3/c1-3-15-17(27)5-4-12-8-14(34)9-16(18(12)15)19-21(28)23-20-24(22(19)29)36-11-13-10-30-6-7-33(13)25(20)32-26(31-23)35-2/h4-5,8-9,13,30,34H,3,6-7,10-11H2,1-2H3/t13-/m0/s1. The van der Waals surface area contributed by atoms with Crippen LogP contribution in [0.2, 0.25) is 0 Å². The monoisotopic (exact) mass is 496 g/mol. The zero-order valence-electron chi connectivity index (χ0n) is 19.7. The number of hydrogen-bond donors (Lipinski definition) is 2. The van der Waals surface area contributed by atoms with Crippen LogP contribution in [-0.2, 0) is 6.42 Å². The Hall–Kier alpha value is -3.79. The van der Waals surface area contributed by atoms with Crippen molar-refractivity contribution in [2.45, 2.75) is 19.4 Å². The molecular weight excluding hydrogens is 473 g/mol. The summed E-state index contributed by atoms with van der Waals surface area (Å²) in [6.45, 7) is 3.70. The van der Waals surface area contributed by atoms with E-state index in [4.69, 9.17) is 9.47 Å². The van der Waals surface area contributed by atoms with Crippen molar-refractivity contribution in [3.05, 3.63) is 47.3 Å². The molecule has 7 nitrogen and oxygen atoms in total. The molecule has 1 atom stereocenters. The van der Waals surface area contributed by atoms with E-state index in [-0.39, 0.29) is 58.6 Å². The number of aromatic hydroxyl groups is 1. The van der Waals surface area contributed by atoms with Crippen LogP contribution in [0.1, 0.15) is 12.5 Å². The summed E-state index contributed by atoms with van der Waals surface area (Å²) < 4.78 is 58.7. The molecule has 0 radical (unpaired) electrons. The fraction of sp³-hybridized carbons (Fsp3) is 0.308. The minimum atomic E-state index is -0.969. The summed E-state index contributed by atoms with van der Waals surface area (Å²) in [5.74, 6) is -2.48. The van der Waals surface area contributed by atoms with E-state index in [0.29, 0.717) is 36.2 Å². The summed E-state index contributed by atoms with van der Waals surface area (Å²) in [4.78, 5) is 10.6. The molecule has 36 heavy (non-hydrogen) atoms. The molecule has 1 aromatic heterocycles. The molecule has 4 aromatic rings. The van der Waals surface area contributed by atoms with E-state index in [0.717, 1.165) is 0 Å². The third-order valence-electron chi connectivity index (χ3n) is 6.94. The van der Waals surface area contributed by atoms with Gasteiger partial charge in [-0.1, -0.05) is 13.0 Å². The van der Waals surface area contributed by atoms with Crippen molar-refractivity contribution < 1.29 is 27.8 Å². The maximum Gasteiger partial charge on any atom is 0.318 e. The molecule has 0 spiro atoms. The highest BCUT2D eigenvalue weighted by Gasteiger charge is 2.35. The zero-order valence-corrected chi connectivity index (χ0v) is 19.7. The van der Waals surface area contributed by atoms with E-state index in [1.54, 1.807) is 6.92 Å². The number of methoxy groups -OCH3 is 1. The molecule has 2 aliphatic heterocycles. The lowest BCUT2D eigenvalue weighted by Crippen LogP contribution is -2.53. The van der Waals surface area contributed by atoms with Gasteiger partial charge < -0.3 is 24.8 Å². The Morgan fingerprint density at radius 1 is 1.17 bits per heavy atom. The van der Waals surface area contributed by atoms with Gasteiger partial charge in [-0.25, -0.2) is 13.2 Å². The molecule has 3 aromatic carbocycles. The second-order valence-electron chi connectivity index (χ2n) is 8.92. The van der Waals surface area contributed by atoms with E-state index in [2.05, 4.69) is 15.3 Å². The average molecular weight is 496 g/mol. The predicted molar refractivity (Wildman–Crippen MR) is 129 cm³/mol. The van der Waals surface area contributed by atoms with Gasteiger partial charge in [-0.05, 0) is 46.5 Å². The number of nitrogens with one attached hydrogen (secondary N) is 1. The lowest BCUT2D eigenvalue weighted by molar-refractivity contribution is 0.264. The number of nitrogens with zero attached hydrogens (tertiary/aromatic N) is 3. The van der Waals surface area contributed by atoms with Gasteiger partial charge in [-0.2, -0.15) is 9.97 Å². The maximum atomic E-state index is 16.4. The smallest absolute Gasteiger partial charge is 0.318 e. The number of phenols is 1. The molecule has 3 heterocycles. The Bertz CT molecular complexity index is 1550. The Kier molecular flexibility index (Phi) is 5.29. The number of phenolic OH excluding ortho intramolecular Hbond substituents is 1. The normalized spacial score (nSPS) is 17.1. The number of halogens is 3. The zero-order chi connectivity index (χ0) is 25.1. The van der Waals surface area contributed by atoms with Gasteiger partial charge in [0.25, 0.3) is 0 Å². The predicted octanol–water partition coefficient (Wildman–Crippen LogP) is 4.31. The third-order valence-corrected chi connectivity index (χ3v) is 6.94. The largest absolute Gasteiger partial charge is 0.508 e. The molecule has 10 heteroatoms. The van der Waals surface area contributed by atoms with Gasteiger partial charge in [0.2, 0.25) is 0 Å². The number of ether oxygens (including phenoxy) is 2. The molecule has 0 bridgehead atoms. The first-order chi connectivity index (χ1) is 17.4. The number of aryl methyl sites for hydroxylation is 1. The first-order valence-electron chi connectivity index (χ1n) is 11.7. The van der Waals surface area contributed by atoms with Gasteiger partial charge in [-0.15, -0.1) is 0 Å². The van der Waals surface area contributed by atoms with E-state index >= 15 is 8.78 Å². The lowest BCUT2D eigenvalue weighted by atomic mass is 9.91. The minimum absolute atomic E-state index is 0.0147. The van der Waals surface area contributed by atoms with Crippen molar-refractivity contribution >= 4 is 27.5 Å². The van der Waals surface area contributed by atoms with Crippen LogP contribution in [0.25, 0.3) is 32.8 Å². The molecule has 6 rings (SSSR count). The molecular formula is C26H23F3N4O3. The summed E-state index contributed by atoms with van der Waals surface area (Å²) in [6.07, 6.45) is 0.283. The first-order valence-corrected chi connectivity index (χ1v) is 11.7. The van der Waals surface area contributed by atoms with Gasteiger partial charge in [0.1, 0.15) is 29.5 Å². The van der Waals surface area contributed by atoms with Crippen molar-refractivity contribution in [3.8, 4) is 28.6 Å². The van der Waals surface area contributed by atoms with Gasteiger partial charge in [0.05, 0.1) is 24.1 Å². The molecule has 0 amide bonds. The minimum Gasteiger partial charge on any atom is -0.508 e. The summed E-state index contributed by atoms with van der Waals surface area (Å²) in [5, 5.41) is 14.6. The van der Waals surface area contributed by atoms with Gasteiger partial charge >= 0.3 is 6.01 Å². The van der Waals surface area contributed by atoms with Crippen molar-refractivity contribution in [1.29, 1.82) is 0 Å². The third kappa shape index (κ3) is 3.24. The number of benzene rings is 3. The molecule has 0 saturated carbocycles. The molecule has 0 aliphatic carbocycles. The second-order valence-corrected chi connectivity index (χ2v) is 8.92. The number of fused-ring (bicyclic) bond motifs is 3. The summed E-state index contributed by atoms with van der Waals surface area (Å²) in [5.41, 5.74) is -0.324. The second kappa shape index (κ2) is 8.41. The van der Waals surface area contributed by atoms with Crippen LogP contribution >= 0.6 is 0 Å². The van der Waals surface area contributed by atoms with Crippen molar-refractivity contribution in [1.82, 2.24) is 15.3 Å². The van der Waals surface area contributed by atoms with Crippen LogP contribution in [0, 0.1) is 17.5 Å². The fourth-order valence-electron chi connectivity index (χ4n) is 5.32. The van der Waals surface area contributed by atoms with E-state index in [9.17, 15) is 9.50 Å². The van der Waals surface area contributed by atoms with Crippen LogP contribution in [0.3, 0.4) is 0 Å². The summed E-state index contributed by atoms with van der Waals surface area (Å²) in [7, 11) is 1.37. The van der Waals surface area contributed by atoms with E-state index in [1.165, 1.54) is 31.4 Å². The summed E-state index contributed by atoms with van der Waals surface area (Å²) in [6, 6.07) is 5.20. The van der Waals surface area contributed by atoms with Crippen LogP contribution < -0.4 is 19.7 Å². The van der Waals surface area contributed by atoms with E-state index < -0.39 is 23.0 Å². The Morgan fingerprint density at radius 3 is 2.78 bits per heavy atom. The highest BCUT2D eigenvalue weighted by Crippen LogP contribution is 2.47. The average Bonchev–Trinajstić information content (AvgIpc) is 3.05. The number of piperazine rings is 1. The van der Waals surface area contributed by atoms with E-state index in [1.807, 2.05) is 4.90 Å². The molecule has 0 unspecified atom stereocenters. The molecule has 1 saturated heterocycles. The fourth-order valence-corrected chi connectivity index (χ4v) is 5.32. The summed E-state index contributed by atoms with van der Waals surface area (Å²) >= 11 is 0. The molecule has 2 aliphatic rings. The SMILES string of the molecule is CCc1c(F)ccc2cc(O)cc(-c3c(F)c4c5c(nc(OC)nc5c3F)N3CCNC[C@H]3CO4)c12. The van der Waals surface area contributed by atoms with Crippen LogP contribution in [0.15, 0.2) is 24.3 Å². The van der Waals surface area contributed by atoms with Crippen molar-refractivity contribution in [2.24, 2.45) is 0 Å². The number of hydrogen-bond acceptors (Lipinski definition) is 7. The van der Waals surface area contributed by atoms with Crippen LogP contribution in [0.5, 0.6) is 17.5 Å². The number of rotatable bonds is 3. The Morgan fingerprint density at radius 2 is 2.00 bits per heavy atom. The van der Waals surface area contributed by atoms with Gasteiger partial charge in [0.15, 0.2) is 17.4 Å². The molecule has 1 fully saturated rings. The topological polar surface area (TPSA) is 79.7 Å². The van der Waals surface area contributed by atoms with Crippen molar-refractivity contribution in [3.63, 3.8) is 0 Å². The molecule has 2 N–H and O–H groups in total. The Balaban J connectivity index is 1.75. The first kappa shape index (κ1) is 22.7. The Labute approximate surface area is 204 Å². The highest BCUT2D eigenvalue weighted by molar-refractivity contribution is 6.05. The lowest BCUT2D eigenvalue weighted by Gasteiger charge is -2.35. The van der Waals surface area contributed by atoms with Gasteiger partial charge in [-0.3, -0.25) is 0 Å². The van der Waals surface area contributed by atoms with Crippen LogP contribution in [0.4, 0.5) is 19.0 Å². The van der Waals surface area contributed by atoms with Crippen molar-refractivity contribution in [2.75, 3.05) is 38.3 Å². The quantitative estimate of drug-likeness (QED) is 0.438. The number of anilines is 1. The molecule has 186 valence electrons. The highest BCUT2D eigenvalue weighted by atomic mass is 19.1. The van der Waals surface area contributed by atoms with Gasteiger partial charge in [0, 0.05) is 19.6 Å². The number of aromatic nitrogens is 2. The van der Waals surface area contributed by atoms with Crippen LogP contribution in [-0.4, -0.2) is 54.5 Å².